The zero-order valence-electron chi connectivity index (χ0n) is 20.4. The van der Waals surface area contributed by atoms with Crippen molar-refractivity contribution in [2.75, 3.05) is 35.7 Å². The van der Waals surface area contributed by atoms with Gasteiger partial charge < -0.3 is 20.9 Å². The average Bonchev–Trinajstić information content (AvgIpc) is 3.21. The molecule has 0 aliphatic rings. The van der Waals surface area contributed by atoms with E-state index < -0.39 is 5.91 Å². The van der Waals surface area contributed by atoms with Gasteiger partial charge >= 0.3 is 0 Å². The number of anilines is 3. The van der Waals surface area contributed by atoms with Crippen LogP contribution in [0.3, 0.4) is 0 Å². The molecule has 0 unspecified atom stereocenters. The first-order valence-electron chi connectivity index (χ1n) is 11.4. The van der Waals surface area contributed by atoms with Crippen LogP contribution in [0.2, 0.25) is 0 Å². The molecular weight excluding hydrogens is 488 g/mol. The van der Waals surface area contributed by atoms with E-state index in [4.69, 9.17) is 6.42 Å². The molecule has 0 atom stereocenters. The van der Waals surface area contributed by atoms with E-state index in [1.807, 2.05) is 48.3 Å². The SMILES string of the molecule is C#CCNC(=O)/C(C#N)=c1\s/c(=C/Nc2cccc(NC(=O)CN(C)c3ccccc3)c2)c(=O)n1CC. The van der Waals surface area contributed by atoms with Crippen LogP contribution in [-0.2, 0) is 16.1 Å². The van der Waals surface area contributed by atoms with Crippen LogP contribution >= 0.6 is 11.3 Å². The lowest BCUT2D eigenvalue weighted by Crippen LogP contribution is -2.34. The number of nitrogens with zero attached hydrogens (tertiary/aromatic N) is 3. The Labute approximate surface area is 218 Å². The van der Waals surface area contributed by atoms with E-state index in [-0.39, 0.29) is 41.3 Å². The summed E-state index contributed by atoms with van der Waals surface area (Å²) in [7, 11) is 1.84. The maximum absolute atomic E-state index is 12.9. The number of nitriles is 1. The third-order valence-electron chi connectivity index (χ3n) is 5.22. The average molecular weight is 515 g/mol. The van der Waals surface area contributed by atoms with Crippen LogP contribution in [0, 0.1) is 23.7 Å². The van der Waals surface area contributed by atoms with Gasteiger partial charge in [-0.05, 0) is 37.3 Å². The van der Waals surface area contributed by atoms with E-state index >= 15 is 0 Å². The zero-order chi connectivity index (χ0) is 26.8. The summed E-state index contributed by atoms with van der Waals surface area (Å²) in [5.74, 6) is 1.47. The Kier molecular flexibility index (Phi) is 9.25. The molecular formula is C27H26N6O3S. The van der Waals surface area contributed by atoms with Crippen LogP contribution in [0.4, 0.5) is 17.1 Å². The fourth-order valence-electron chi connectivity index (χ4n) is 3.43. The zero-order valence-corrected chi connectivity index (χ0v) is 21.3. The quantitative estimate of drug-likeness (QED) is 0.370. The molecule has 0 fully saturated rings. The number of carbonyl (C=O) groups is 2. The number of thiazole rings is 1. The molecule has 9 nitrogen and oxygen atoms in total. The molecule has 0 saturated heterocycles. The summed E-state index contributed by atoms with van der Waals surface area (Å²) in [5, 5.41) is 17.9. The number of para-hydroxylation sites is 1. The predicted octanol–water partition coefficient (Wildman–Crippen LogP) is 1.28. The Bertz CT molecular complexity index is 1540. The van der Waals surface area contributed by atoms with Gasteiger partial charge in [-0.1, -0.05) is 30.2 Å². The highest BCUT2D eigenvalue weighted by molar-refractivity contribution is 7.07. The minimum absolute atomic E-state index is 0.0261. The molecule has 0 saturated carbocycles. The van der Waals surface area contributed by atoms with Crippen molar-refractivity contribution in [2.45, 2.75) is 13.5 Å². The molecule has 0 spiro atoms. The number of hydrogen-bond donors (Lipinski definition) is 3. The smallest absolute Gasteiger partial charge is 0.270 e. The second-order valence-corrected chi connectivity index (χ2v) is 8.83. The second-order valence-electron chi connectivity index (χ2n) is 7.80. The van der Waals surface area contributed by atoms with Crippen molar-refractivity contribution in [3.05, 3.63) is 74.1 Å². The highest BCUT2D eigenvalue weighted by Crippen LogP contribution is 2.16. The summed E-state index contributed by atoms with van der Waals surface area (Å²) in [6.07, 6.45) is 6.69. The molecule has 10 heteroatoms. The highest BCUT2D eigenvalue weighted by Gasteiger charge is 2.14. The molecule has 0 radical (unpaired) electrons. The van der Waals surface area contributed by atoms with E-state index in [1.54, 1.807) is 31.2 Å². The fraction of sp³-hybridized carbons (Fsp3) is 0.185. The van der Waals surface area contributed by atoms with Gasteiger partial charge in [0.15, 0.2) is 5.57 Å². The van der Waals surface area contributed by atoms with Gasteiger partial charge in [0.05, 0.1) is 13.1 Å². The Morgan fingerprint density at radius 2 is 1.89 bits per heavy atom. The lowest BCUT2D eigenvalue weighted by Gasteiger charge is -2.18. The molecule has 3 N–H and O–H groups in total. The Morgan fingerprint density at radius 1 is 1.16 bits per heavy atom. The number of likely N-dealkylation sites (N-methyl/N-ethyl adjacent to an activating group) is 1. The number of amides is 2. The number of hydrogen-bond acceptors (Lipinski definition) is 7. The van der Waals surface area contributed by atoms with Crippen molar-refractivity contribution in [1.29, 1.82) is 5.26 Å². The molecule has 37 heavy (non-hydrogen) atoms. The van der Waals surface area contributed by atoms with Gasteiger partial charge in [-0.2, -0.15) is 5.26 Å². The first-order chi connectivity index (χ1) is 17.9. The first kappa shape index (κ1) is 26.8. The third-order valence-corrected chi connectivity index (χ3v) is 6.35. The largest absolute Gasteiger partial charge is 0.365 e. The maximum Gasteiger partial charge on any atom is 0.270 e. The number of carbonyl (C=O) groups excluding carboxylic acids is 2. The monoisotopic (exact) mass is 514 g/mol. The minimum Gasteiger partial charge on any atom is -0.365 e. The van der Waals surface area contributed by atoms with Crippen molar-refractivity contribution in [1.82, 2.24) is 9.88 Å². The lowest BCUT2D eigenvalue weighted by molar-refractivity contribution is -0.116. The number of aromatic nitrogens is 1. The third kappa shape index (κ3) is 6.88. The van der Waals surface area contributed by atoms with Gasteiger partial charge in [0.25, 0.3) is 11.5 Å². The summed E-state index contributed by atoms with van der Waals surface area (Å²) < 4.78 is 1.93. The summed E-state index contributed by atoms with van der Waals surface area (Å²) in [6, 6.07) is 18.5. The van der Waals surface area contributed by atoms with Gasteiger partial charge in [0, 0.05) is 36.9 Å². The number of benzene rings is 2. The normalized spacial score (nSPS) is 11.6. The Hall–Kier alpha value is -4.80. The van der Waals surface area contributed by atoms with E-state index in [9.17, 15) is 19.6 Å². The lowest BCUT2D eigenvalue weighted by atomic mass is 10.2. The van der Waals surface area contributed by atoms with Gasteiger partial charge in [-0.15, -0.1) is 17.8 Å². The maximum atomic E-state index is 12.9. The number of rotatable bonds is 9. The van der Waals surface area contributed by atoms with Gasteiger partial charge in [-0.3, -0.25) is 19.0 Å². The molecule has 1 aromatic heterocycles. The number of nitrogens with one attached hydrogen (secondary N) is 3. The van der Waals surface area contributed by atoms with Crippen molar-refractivity contribution >= 4 is 52.0 Å². The van der Waals surface area contributed by atoms with E-state index in [1.165, 1.54) is 10.8 Å². The molecule has 1 heterocycles. The fourth-order valence-corrected chi connectivity index (χ4v) is 4.52. The summed E-state index contributed by atoms with van der Waals surface area (Å²) in [4.78, 5) is 39.6. The predicted molar refractivity (Wildman–Crippen MR) is 147 cm³/mol. The molecule has 3 aromatic rings. The molecule has 0 aliphatic heterocycles. The van der Waals surface area contributed by atoms with Crippen LogP contribution < -0.4 is 35.6 Å². The summed E-state index contributed by atoms with van der Waals surface area (Å²) >= 11 is 1.03. The van der Waals surface area contributed by atoms with Crippen molar-refractivity contribution in [3.8, 4) is 18.4 Å². The van der Waals surface area contributed by atoms with Crippen molar-refractivity contribution < 1.29 is 9.59 Å². The Balaban J connectivity index is 1.80. The van der Waals surface area contributed by atoms with Crippen LogP contribution in [-0.4, -0.2) is 36.5 Å². The van der Waals surface area contributed by atoms with Gasteiger partial charge in [-0.25, -0.2) is 0 Å². The van der Waals surface area contributed by atoms with Gasteiger partial charge in [0.2, 0.25) is 5.91 Å². The molecule has 3 rings (SSSR count). The minimum atomic E-state index is -0.634. The first-order valence-corrected chi connectivity index (χ1v) is 12.2. The standard InChI is InChI=1S/C27H26N6O3S/c1-4-14-29-25(35)22(16-28)27-33(5-2)26(36)23(37-27)17-30-19-10-9-11-20(15-19)31-24(34)18-32(3)21-12-7-6-8-13-21/h1,6-13,15,17,30H,5,14,18H2,2-3H3,(H,29,35)(H,31,34)/b23-17+,27-22-. The van der Waals surface area contributed by atoms with Gasteiger partial charge in [0.1, 0.15) is 15.3 Å². The summed E-state index contributed by atoms with van der Waals surface area (Å²) in [5.41, 5.74) is 1.65. The van der Waals surface area contributed by atoms with Crippen LogP contribution in [0.15, 0.2) is 59.4 Å². The second kappa shape index (κ2) is 12.8. The van der Waals surface area contributed by atoms with E-state index in [2.05, 4.69) is 21.9 Å². The number of terminal acetylenes is 1. The van der Waals surface area contributed by atoms with E-state index in [0.717, 1.165) is 17.0 Å². The van der Waals surface area contributed by atoms with Crippen molar-refractivity contribution in [3.63, 3.8) is 0 Å². The summed E-state index contributed by atoms with van der Waals surface area (Å²) in [6.45, 7) is 2.19. The molecule has 188 valence electrons. The highest BCUT2D eigenvalue weighted by atomic mass is 32.1. The Morgan fingerprint density at radius 3 is 2.57 bits per heavy atom. The molecule has 0 aliphatic carbocycles. The molecule has 2 amide bonds. The molecule has 0 bridgehead atoms. The molecule has 2 aromatic carbocycles. The van der Waals surface area contributed by atoms with Crippen LogP contribution in [0.1, 0.15) is 6.92 Å². The topological polar surface area (TPSA) is 119 Å². The van der Waals surface area contributed by atoms with Crippen LogP contribution in [0.5, 0.6) is 0 Å². The van der Waals surface area contributed by atoms with Crippen LogP contribution in [0.25, 0.3) is 11.8 Å². The van der Waals surface area contributed by atoms with Crippen molar-refractivity contribution in [2.24, 2.45) is 0 Å². The van der Waals surface area contributed by atoms with E-state index in [0.29, 0.717) is 15.9 Å².